The fourth-order valence-corrected chi connectivity index (χ4v) is 3.90. The van der Waals surface area contributed by atoms with Crippen molar-refractivity contribution in [2.24, 2.45) is 0 Å². The van der Waals surface area contributed by atoms with Crippen LogP contribution in [-0.4, -0.2) is 29.4 Å². The lowest BCUT2D eigenvalue weighted by molar-refractivity contribution is 0.607. The SMILES string of the molecule is Cc1[nH]cc2c(=O)n(-c3ccc(Cl)cc3)nc-2c1-c1cccc(NS(C)(=O)=O)c1. The Bertz CT molecular complexity index is 1340. The second-order valence-electron chi connectivity index (χ2n) is 6.70. The van der Waals surface area contributed by atoms with Crippen molar-refractivity contribution in [1.82, 2.24) is 14.8 Å². The number of aromatic nitrogens is 3. The first-order valence-electron chi connectivity index (χ1n) is 8.68. The van der Waals surface area contributed by atoms with Gasteiger partial charge in [0.25, 0.3) is 5.56 Å². The van der Waals surface area contributed by atoms with Crippen molar-refractivity contribution in [2.75, 3.05) is 11.0 Å². The number of hydrogen-bond donors (Lipinski definition) is 2. The minimum absolute atomic E-state index is 0.259. The van der Waals surface area contributed by atoms with E-state index < -0.39 is 10.0 Å². The average Bonchev–Trinajstić information content (AvgIpc) is 2.97. The van der Waals surface area contributed by atoms with E-state index in [-0.39, 0.29) is 5.56 Å². The number of halogens is 1. The lowest BCUT2D eigenvalue weighted by Gasteiger charge is -2.12. The molecule has 0 saturated heterocycles. The molecule has 2 aliphatic rings. The van der Waals surface area contributed by atoms with E-state index in [4.69, 9.17) is 11.6 Å². The Labute approximate surface area is 172 Å². The van der Waals surface area contributed by atoms with Gasteiger partial charge in [0, 0.05) is 28.2 Å². The fourth-order valence-electron chi connectivity index (χ4n) is 3.22. The van der Waals surface area contributed by atoms with Gasteiger partial charge in [-0.2, -0.15) is 9.78 Å². The van der Waals surface area contributed by atoms with E-state index in [2.05, 4.69) is 14.8 Å². The van der Waals surface area contributed by atoms with Crippen LogP contribution in [0.2, 0.25) is 5.02 Å². The van der Waals surface area contributed by atoms with Crippen molar-refractivity contribution < 1.29 is 8.42 Å². The summed E-state index contributed by atoms with van der Waals surface area (Å²) in [6.45, 7) is 1.87. The molecule has 0 aliphatic carbocycles. The maximum atomic E-state index is 12.9. The second-order valence-corrected chi connectivity index (χ2v) is 8.88. The Kier molecular flexibility index (Phi) is 4.68. The third-order valence-corrected chi connectivity index (χ3v) is 5.31. The van der Waals surface area contributed by atoms with Crippen molar-refractivity contribution >= 4 is 27.3 Å². The van der Waals surface area contributed by atoms with Crippen molar-refractivity contribution in [3.8, 4) is 28.1 Å². The van der Waals surface area contributed by atoms with Crippen LogP contribution in [0.1, 0.15) is 5.69 Å². The molecule has 9 heteroatoms. The minimum Gasteiger partial charge on any atom is -0.364 e. The number of H-pyrrole nitrogens is 1. The number of aryl methyl sites for hydroxylation is 1. The zero-order chi connectivity index (χ0) is 20.8. The lowest BCUT2D eigenvalue weighted by Crippen LogP contribution is -2.14. The van der Waals surface area contributed by atoms with Gasteiger partial charge in [-0.15, -0.1) is 0 Å². The van der Waals surface area contributed by atoms with Crippen LogP contribution in [0.3, 0.4) is 0 Å². The van der Waals surface area contributed by atoms with Crippen LogP contribution in [0.25, 0.3) is 28.1 Å². The maximum absolute atomic E-state index is 12.9. The van der Waals surface area contributed by atoms with E-state index in [1.807, 2.05) is 13.0 Å². The van der Waals surface area contributed by atoms with E-state index >= 15 is 0 Å². The maximum Gasteiger partial charge on any atom is 0.282 e. The summed E-state index contributed by atoms with van der Waals surface area (Å²) < 4.78 is 26.9. The molecule has 4 rings (SSSR count). The zero-order valence-corrected chi connectivity index (χ0v) is 17.2. The summed E-state index contributed by atoms with van der Waals surface area (Å²) in [7, 11) is -3.41. The standard InChI is InChI=1S/C20H17ClN4O3S/c1-12-18(13-4-3-5-15(10-13)24-29(2,27)28)19-17(11-22-12)20(26)25(23-19)16-8-6-14(21)7-9-16/h3-11,22,24H,1-2H3. The molecule has 2 heterocycles. The summed E-state index contributed by atoms with van der Waals surface area (Å²) in [4.78, 5) is 16.0. The highest BCUT2D eigenvalue weighted by atomic mass is 35.5. The molecule has 2 aromatic rings. The largest absolute Gasteiger partial charge is 0.364 e. The smallest absolute Gasteiger partial charge is 0.282 e. The van der Waals surface area contributed by atoms with Gasteiger partial charge in [-0.3, -0.25) is 9.52 Å². The number of hydrogen-bond acceptors (Lipinski definition) is 4. The number of rotatable bonds is 4. The number of benzene rings is 2. The monoisotopic (exact) mass is 428 g/mol. The van der Waals surface area contributed by atoms with Gasteiger partial charge in [0.1, 0.15) is 5.69 Å². The normalized spacial score (nSPS) is 11.7. The molecule has 2 aromatic carbocycles. The number of nitrogens with one attached hydrogen (secondary N) is 2. The summed E-state index contributed by atoms with van der Waals surface area (Å²) in [6.07, 6.45) is 2.73. The summed E-state index contributed by atoms with van der Waals surface area (Å²) >= 11 is 5.94. The highest BCUT2D eigenvalue weighted by Crippen LogP contribution is 2.34. The Morgan fingerprint density at radius 3 is 2.55 bits per heavy atom. The molecule has 0 atom stereocenters. The molecule has 148 valence electrons. The highest BCUT2D eigenvalue weighted by molar-refractivity contribution is 7.92. The van der Waals surface area contributed by atoms with Gasteiger partial charge in [-0.05, 0) is 48.9 Å². The molecule has 2 aliphatic heterocycles. The number of fused-ring (bicyclic) bond motifs is 1. The van der Waals surface area contributed by atoms with Crippen LogP contribution in [0.4, 0.5) is 5.69 Å². The van der Waals surface area contributed by atoms with Gasteiger partial charge in [0.05, 0.1) is 17.5 Å². The minimum atomic E-state index is -3.41. The molecule has 0 saturated carbocycles. The Hall–Kier alpha value is -3.10. The molecule has 0 aromatic heterocycles. The van der Waals surface area contributed by atoms with Crippen molar-refractivity contribution in [2.45, 2.75) is 6.92 Å². The van der Waals surface area contributed by atoms with E-state index in [1.165, 1.54) is 4.68 Å². The molecule has 0 bridgehead atoms. The lowest BCUT2D eigenvalue weighted by atomic mass is 9.98. The van der Waals surface area contributed by atoms with Gasteiger partial charge < -0.3 is 4.98 Å². The quantitative estimate of drug-likeness (QED) is 0.518. The first-order valence-corrected chi connectivity index (χ1v) is 10.9. The van der Waals surface area contributed by atoms with E-state index in [9.17, 15) is 13.2 Å². The summed E-state index contributed by atoms with van der Waals surface area (Å²) in [5.41, 5.74) is 4.00. The Morgan fingerprint density at radius 2 is 1.86 bits per heavy atom. The number of pyridine rings is 1. The van der Waals surface area contributed by atoms with Crippen LogP contribution in [-0.2, 0) is 10.0 Å². The van der Waals surface area contributed by atoms with Crippen LogP contribution >= 0.6 is 11.6 Å². The number of sulfonamides is 1. The Morgan fingerprint density at radius 1 is 1.14 bits per heavy atom. The number of aromatic amines is 1. The predicted molar refractivity (Wildman–Crippen MR) is 114 cm³/mol. The molecule has 7 nitrogen and oxygen atoms in total. The van der Waals surface area contributed by atoms with Crippen LogP contribution < -0.4 is 10.3 Å². The van der Waals surface area contributed by atoms with E-state index in [0.717, 1.165) is 23.1 Å². The molecule has 29 heavy (non-hydrogen) atoms. The Balaban J connectivity index is 1.91. The van der Waals surface area contributed by atoms with Gasteiger partial charge in [0.15, 0.2) is 0 Å². The second kappa shape index (κ2) is 7.06. The van der Waals surface area contributed by atoms with Crippen LogP contribution in [0.5, 0.6) is 0 Å². The zero-order valence-electron chi connectivity index (χ0n) is 15.6. The average molecular weight is 429 g/mol. The van der Waals surface area contributed by atoms with Gasteiger partial charge >= 0.3 is 0 Å². The van der Waals surface area contributed by atoms with Crippen LogP contribution in [0, 0.1) is 6.92 Å². The first-order chi connectivity index (χ1) is 13.7. The number of nitrogens with zero attached hydrogens (tertiary/aromatic N) is 2. The molecule has 0 amide bonds. The third kappa shape index (κ3) is 3.76. The van der Waals surface area contributed by atoms with Crippen LogP contribution in [0.15, 0.2) is 59.5 Å². The summed E-state index contributed by atoms with van der Waals surface area (Å²) in [6, 6.07) is 13.8. The third-order valence-electron chi connectivity index (χ3n) is 4.45. The molecule has 0 fully saturated rings. The predicted octanol–water partition coefficient (Wildman–Crippen LogP) is 3.67. The van der Waals surface area contributed by atoms with Gasteiger partial charge in [0.2, 0.25) is 10.0 Å². The highest BCUT2D eigenvalue weighted by Gasteiger charge is 2.22. The molecule has 0 radical (unpaired) electrons. The summed E-state index contributed by atoms with van der Waals surface area (Å²) in [5.74, 6) is 0. The van der Waals surface area contributed by atoms with Crippen molar-refractivity contribution in [3.05, 3.63) is 75.8 Å². The van der Waals surface area contributed by atoms with Gasteiger partial charge in [-0.1, -0.05) is 23.7 Å². The fraction of sp³-hybridized carbons (Fsp3) is 0.100. The first kappa shape index (κ1) is 19.2. The summed E-state index contributed by atoms with van der Waals surface area (Å²) in [5, 5.41) is 5.12. The van der Waals surface area contributed by atoms with Crippen molar-refractivity contribution in [3.63, 3.8) is 0 Å². The van der Waals surface area contributed by atoms with Crippen molar-refractivity contribution in [1.29, 1.82) is 0 Å². The molecule has 2 N–H and O–H groups in total. The van der Waals surface area contributed by atoms with E-state index in [1.54, 1.807) is 48.7 Å². The molecule has 0 unspecified atom stereocenters. The topological polar surface area (TPSA) is 96.8 Å². The van der Waals surface area contributed by atoms with Gasteiger partial charge in [-0.25, -0.2) is 8.42 Å². The number of anilines is 1. The molecular weight excluding hydrogens is 412 g/mol. The van der Waals surface area contributed by atoms with E-state index in [0.29, 0.717) is 27.7 Å². The molecular formula is C20H17ClN4O3S. The molecule has 0 spiro atoms.